The summed E-state index contributed by atoms with van der Waals surface area (Å²) in [5, 5.41) is 4.74. The number of hydrogen-bond acceptors (Lipinski definition) is 5. The molecular formula is C47H28N6O. The summed E-state index contributed by atoms with van der Waals surface area (Å²) in [4.78, 5) is 34.4. The van der Waals surface area contributed by atoms with Crippen LogP contribution in [-0.2, 0) is 0 Å². The van der Waals surface area contributed by atoms with Gasteiger partial charge in [-0.2, -0.15) is 0 Å². The van der Waals surface area contributed by atoms with E-state index in [9.17, 15) is 4.79 Å². The van der Waals surface area contributed by atoms with E-state index >= 15 is 0 Å². The van der Waals surface area contributed by atoms with Crippen LogP contribution in [-0.4, -0.2) is 28.9 Å². The van der Waals surface area contributed by atoms with Crippen LogP contribution in [0.4, 0.5) is 0 Å². The molecule has 7 aromatic carbocycles. The maximum absolute atomic E-state index is 14.3. The fourth-order valence-corrected chi connectivity index (χ4v) is 7.93. The van der Waals surface area contributed by atoms with Crippen molar-refractivity contribution in [2.24, 2.45) is 0 Å². The number of nitrogens with zero attached hydrogens (tertiary/aromatic N) is 6. The summed E-state index contributed by atoms with van der Waals surface area (Å²) in [7, 11) is 0. The number of para-hydroxylation sites is 1. The number of hydrogen-bond donors (Lipinski definition) is 0. The van der Waals surface area contributed by atoms with Crippen LogP contribution < -0.4 is 5.56 Å². The lowest BCUT2D eigenvalue weighted by Gasteiger charge is -2.12. The van der Waals surface area contributed by atoms with Gasteiger partial charge in [0.2, 0.25) is 0 Å². The molecule has 54 heavy (non-hydrogen) atoms. The first kappa shape index (κ1) is 30.1. The van der Waals surface area contributed by atoms with Gasteiger partial charge in [-0.1, -0.05) is 140 Å². The van der Waals surface area contributed by atoms with E-state index in [4.69, 9.17) is 19.9 Å². The molecule has 7 nitrogen and oxygen atoms in total. The van der Waals surface area contributed by atoms with Crippen molar-refractivity contribution in [1.82, 2.24) is 28.9 Å². The average Bonchev–Trinajstić information content (AvgIpc) is 3.80. The highest BCUT2D eigenvalue weighted by atomic mass is 16.1. The molecule has 0 amide bonds. The Morgan fingerprint density at radius 3 is 1.61 bits per heavy atom. The molecule has 0 spiro atoms. The minimum atomic E-state index is -0.0719. The zero-order valence-electron chi connectivity index (χ0n) is 28.8. The number of rotatable bonds is 5. The summed E-state index contributed by atoms with van der Waals surface area (Å²) in [5.41, 5.74) is 8.10. The van der Waals surface area contributed by atoms with Crippen molar-refractivity contribution in [1.29, 1.82) is 0 Å². The van der Waals surface area contributed by atoms with E-state index in [0.717, 1.165) is 71.6 Å². The van der Waals surface area contributed by atoms with Gasteiger partial charge in [0.25, 0.3) is 5.56 Å². The second kappa shape index (κ2) is 11.8. The molecule has 0 atom stereocenters. The number of imidazole rings is 1. The van der Waals surface area contributed by atoms with Crippen LogP contribution >= 0.6 is 0 Å². The van der Waals surface area contributed by atoms with Gasteiger partial charge >= 0.3 is 0 Å². The highest BCUT2D eigenvalue weighted by Gasteiger charge is 2.24. The van der Waals surface area contributed by atoms with Crippen LogP contribution in [0.5, 0.6) is 0 Å². The molecule has 0 aliphatic carbocycles. The summed E-state index contributed by atoms with van der Waals surface area (Å²) < 4.78 is 4.10. The fourth-order valence-electron chi connectivity index (χ4n) is 7.93. The Balaban J connectivity index is 1.21. The Kier molecular flexibility index (Phi) is 6.57. The Morgan fingerprint density at radius 2 is 0.944 bits per heavy atom. The molecular weight excluding hydrogens is 665 g/mol. The molecule has 0 aliphatic heterocycles. The van der Waals surface area contributed by atoms with Crippen molar-refractivity contribution in [2.45, 2.75) is 0 Å². The monoisotopic (exact) mass is 692 g/mol. The number of pyridine rings is 1. The van der Waals surface area contributed by atoms with Crippen molar-refractivity contribution in [2.75, 3.05) is 0 Å². The molecule has 0 fully saturated rings. The smallest absolute Gasteiger partial charge is 0.264 e. The molecule has 0 saturated heterocycles. The molecule has 11 rings (SSSR count). The average molecular weight is 693 g/mol. The first-order valence-electron chi connectivity index (χ1n) is 17.9. The third kappa shape index (κ3) is 4.52. The SMILES string of the molecule is O=c1c2ccccc2c2c3c4ccccc4n(-c4cccc(-c5nc(-c6ccccc6)nc(-c6ccccc6)n5)c4)c3cc3nc(-c4ccccc4)n1c32. The van der Waals surface area contributed by atoms with Gasteiger partial charge in [-0.25, -0.2) is 19.9 Å². The zero-order valence-corrected chi connectivity index (χ0v) is 28.8. The van der Waals surface area contributed by atoms with Crippen molar-refractivity contribution < 1.29 is 0 Å². The van der Waals surface area contributed by atoms with Gasteiger partial charge in [0.1, 0.15) is 5.82 Å². The zero-order chi connectivity index (χ0) is 35.8. The van der Waals surface area contributed by atoms with Crippen molar-refractivity contribution >= 4 is 49.0 Å². The summed E-state index contributed by atoms with van der Waals surface area (Å²) in [6, 6.07) is 56.9. The Bertz CT molecular complexity index is 3220. The topological polar surface area (TPSA) is 78.0 Å². The minimum Gasteiger partial charge on any atom is -0.309 e. The molecule has 0 bridgehead atoms. The summed E-state index contributed by atoms with van der Waals surface area (Å²) in [6.45, 7) is 0. The quantitative estimate of drug-likeness (QED) is 0.168. The van der Waals surface area contributed by atoms with Gasteiger partial charge in [0, 0.05) is 49.5 Å². The highest BCUT2D eigenvalue weighted by molar-refractivity contribution is 6.30. The summed E-state index contributed by atoms with van der Waals surface area (Å²) in [6.07, 6.45) is 0. The molecule has 0 unspecified atom stereocenters. The first-order valence-corrected chi connectivity index (χ1v) is 17.9. The Hall–Kier alpha value is -7.51. The largest absolute Gasteiger partial charge is 0.309 e. The van der Waals surface area contributed by atoms with Crippen LogP contribution in [0, 0.1) is 0 Å². The highest BCUT2D eigenvalue weighted by Crippen LogP contribution is 2.42. The third-order valence-corrected chi connectivity index (χ3v) is 10.3. The lowest BCUT2D eigenvalue weighted by molar-refractivity contribution is 1.07. The second-order valence-electron chi connectivity index (χ2n) is 13.4. The van der Waals surface area contributed by atoms with Gasteiger partial charge in [-0.15, -0.1) is 0 Å². The standard InChI is InChI=1S/C47H28N6O/c54-47-35-24-11-10-23-34(35)41-40-36-25-12-13-26-38(36)52(39(40)28-37-42(41)53(47)46(48-37)31-19-8-3-9-20-31)33-22-14-21-32(27-33)45-50-43(29-15-4-1-5-16-29)49-44(51-45)30-17-6-2-7-18-30/h1-28H. The molecule has 252 valence electrons. The molecule has 0 aliphatic rings. The Labute approximate surface area is 308 Å². The number of fused-ring (bicyclic) bond motifs is 6. The molecule has 0 N–H and O–H groups in total. The van der Waals surface area contributed by atoms with Gasteiger partial charge in [-0.3, -0.25) is 9.20 Å². The van der Waals surface area contributed by atoms with Crippen molar-refractivity contribution in [3.63, 3.8) is 0 Å². The molecule has 0 saturated carbocycles. The van der Waals surface area contributed by atoms with Gasteiger partial charge in [-0.05, 0) is 35.7 Å². The van der Waals surface area contributed by atoms with Gasteiger partial charge < -0.3 is 4.57 Å². The van der Waals surface area contributed by atoms with Gasteiger partial charge in [0.05, 0.1) is 22.1 Å². The van der Waals surface area contributed by atoms with E-state index in [1.54, 1.807) is 0 Å². The van der Waals surface area contributed by atoms with Crippen LogP contribution in [0.3, 0.4) is 0 Å². The maximum Gasteiger partial charge on any atom is 0.264 e. The fraction of sp³-hybridized carbons (Fsp3) is 0. The molecule has 4 heterocycles. The lowest BCUT2D eigenvalue weighted by Crippen LogP contribution is -2.14. The summed E-state index contributed by atoms with van der Waals surface area (Å²) in [5.74, 6) is 2.44. The van der Waals surface area contributed by atoms with E-state index in [1.807, 2.05) is 120 Å². The van der Waals surface area contributed by atoms with Crippen LogP contribution in [0.2, 0.25) is 0 Å². The van der Waals surface area contributed by atoms with Gasteiger partial charge in [0.15, 0.2) is 17.5 Å². The normalized spacial score (nSPS) is 11.8. The van der Waals surface area contributed by atoms with Crippen molar-refractivity contribution in [3.05, 3.63) is 180 Å². The molecule has 11 aromatic rings. The van der Waals surface area contributed by atoms with Crippen LogP contribution in [0.15, 0.2) is 175 Å². The van der Waals surface area contributed by atoms with E-state index in [1.165, 1.54) is 0 Å². The predicted molar refractivity (Wildman–Crippen MR) is 217 cm³/mol. The minimum absolute atomic E-state index is 0.0719. The molecule has 4 aromatic heterocycles. The third-order valence-electron chi connectivity index (χ3n) is 10.3. The van der Waals surface area contributed by atoms with E-state index in [0.29, 0.717) is 28.7 Å². The van der Waals surface area contributed by atoms with Crippen LogP contribution in [0.1, 0.15) is 0 Å². The first-order chi connectivity index (χ1) is 26.7. The van der Waals surface area contributed by atoms with E-state index in [-0.39, 0.29) is 5.56 Å². The number of aromatic nitrogens is 6. The van der Waals surface area contributed by atoms with E-state index < -0.39 is 0 Å². The van der Waals surface area contributed by atoms with E-state index in [2.05, 4.69) is 59.2 Å². The number of benzene rings is 7. The van der Waals surface area contributed by atoms with Crippen molar-refractivity contribution in [3.8, 4) is 51.2 Å². The maximum atomic E-state index is 14.3. The van der Waals surface area contributed by atoms with Crippen LogP contribution in [0.25, 0.3) is 100 Å². The lowest BCUT2D eigenvalue weighted by atomic mass is 10.0. The molecule has 0 radical (unpaired) electrons. The second-order valence-corrected chi connectivity index (χ2v) is 13.4. The summed E-state index contributed by atoms with van der Waals surface area (Å²) >= 11 is 0. The predicted octanol–water partition coefficient (Wildman–Crippen LogP) is 10.4. The molecule has 7 heteroatoms. The Morgan fingerprint density at radius 1 is 0.407 bits per heavy atom.